The summed E-state index contributed by atoms with van der Waals surface area (Å²) in [5.41, 5.74) is 3.70. The molecule has 0 saturated carbocycles. The number of hydrogen-bond acceptors (Lipinski definition) is 3. The summed E-state index contributed by atoms with van der Waals surface area (Å²) >= 11 is 8.16. The van der Waals surface area contributed by atoms with E-state index in [1.807, 2.05) is 18.2 Å². The van der Waals surface area contributed by atoms with Gasteiger partial charge in [0, 0.05) is 5.02 Å². The SMILES string of the molecule is CCCNC(c1cscc1C)c1ccc(OC)cc1Cl. The number of ether oxygens (including phenoxy) is 1. The maximum absolute atomic E-state index is 6.43. The van der Waals surface area contributed by atoms with E-state index in [1.54, 1.807) is 18.4 Å². The van der Waals surface area contributed by atoms with E-state index in [1.165, 1.54) is 11.1 Å². The Labute approximate surface area is 129 Å². The summed E-state index contributed by atoms with van der Waals surface area (Å²) in [5, 5.41) is 8.70. The Kier molecular flexibility index (Phi) is 5.46. The topological polar surface area (TPSA) is 21.3 Å². The number of halogens is 1. The van der Waals surface area contributed by atoms with Gasteiger partial charge in [-0.05, 0) is 59.5 Å². The zero-order chi connectivity index (χ0) is 14.5. The third-order valence-corrected chi connectivity index (χ3v) is 4.53. The average molecular weight is 310 g/mol. The van der Waals surface area contributed by atoms with Crippen LogP contribution >= 0.6 is 22.9 Å². The van der Waals surface area contributed by atoms with Gasteiger partial charge in [-0.1, -0.05) is 24.6 Å². The highest BCUT2D eigenvalue weighted by atomic mass is 35.5. The van der Waals surface area contributed by atoms with Gasteiger partial charge >= 0.3 is 0 Å². The number of methoxy groups -OCH3 is 1. The van der Waals surface area contributed by atoms with Gasteiger partial charge in [0.25, 0.3) is 0 Å². The van der Waals surface area contributed by atoms with Gasteiger partial charge in [-0.15, -0.1) is 0 Å². The molecule has 0 aliphatic heterocycles. The van der Waals surface area contributed by atoms with Crippen LogP contribution in [0, 0.1) is 6.92 Å². The van der Waals surface area contributed by atoms with Crippen LogP contribution in [0.2, 0.25) is 5.02 Å². The van der Waals surface area contributed by atoms with Crippen LogP contribution in [-0.4, -0.2) is 13.7 Å². The smallest absolute Gasteiger partial charge is 0.120 e. The summed E-state index contributed by atoms with van der Waals surface area (Å²) in [5.74, 6) is 0.787. The maximum Gasteiger partial charge on any atom is 0.120 e. The van der Waals surface area contributed by atoms with Gasteiger partial charge in [-0.25, -0.2) is 0 Å². The molecule has 1 aromatic heterocycles. The van der Waals surface area contributed by atoms with Crippen LogP contribution in [0.3, 0.4) is 0 Å². The lowest BCUT2D eigenvalue weighted by Crippen LogP contribution is -2.23. The normalized spacial score (nSPS) is 12.4. The molecule has 1 aromatic carbocycles. The largest absolute Gasteiger partial charge is 0.497 e. The molecule has 0 radical (unpaired) electrons. The predicted molar refractivity (Wildman–Crippen MR) is 87.2 cm³/mol. The molecule has 2 rings (SSSR count). The van der Waals surface area contributed by atoms with Gasteiger partial charge in [-0.3, -0.25) is 0 Å². The first kappa shape index (κ1) is 15.4. The van der Waals surface area contributed by atoms with Crippen LogP contribution < -0.4 is 10.1 Å². The molecule has 20 heavy (non-hydrogen) atoms. The number of hydrogen-bond donors (Lipinski definition) is 1. The molecule has 0 fully saturated rings. The van der Waals surface area contributed by atoms with Crippen molar-refractivity contribution in [3.05, 3.63) is 50.7 Å². The molecule has 0 saturated heterocycles. The number of benzene rings is 1. The summed E-state index contributed by atoms with van der Waals surface area (Å²) in [6.07, 6.45) is 1.09. The molecule has 0 spiro atoms. The fourth-order valence-corrected chi connectivity index (χ4v) is 3.37. The van der Waals surface area contributed by atoms with E-state index in [2.05, 4.69) is 29.9 Å². The van der Waals surface area contributed by atoms with Gasteiger partial charge in [0.15, 0.2) is 0 Å². The van der Waals surface area contributed by atoms with E-state index >= 15 is 0 Å². The molecule has 0 aliphatic carbocycles. The van der Waals surface area contributed by atoms with Crippen molar-refractivity contribution in [3.8, 4) is 5.75 Å². The van der Waals surface area contributed by atoms with Gasteiger partial charge < -0.3 is 10.1 Å². The Hall–Kier alpha value is -1.03. The molecule has 1 unspecified atom stereocenters. The summed E-state index contributed by atoms with van der Waals surface area (Å²) in [6, 6.07) is 6.02. The summed E-state index contributed by atoms with van der Waals surface area (Å²) < 4.78 is 5.22. The molecular formula is C16H20ClNOS. The van der Waals surface area contributed by atoms with Crippen molar-refractivity contribution in [3.63, 3.8) is 0 Å². The van der Waals surface area contributed by atoms with Crippen LogP contribution in [0.1, 0.15) is 36.1 Å². The zero-order valence-corrected chi connectivity index (χ0v) is 13.6. The Morgan fingerprint density at radius 1 is 1.30 bits per heavy atom. The fourth-order valence-electron chi connectivity index (χ4n) is 2.21. The minimum absolute atomic E-state index is 0.139. The summed E-state index contributed by atoms with van der Waals surface area (Å²) in [6.45, 7) is 5.27. The first-order chi connectivity index (χ1) is 9.67. The maximum atomic E-state index is 6.43. The van der Waals surface area contributed by atoms with Gasteiger partial charge in [0.2, 0.25) is 0 Å². The zero-order valence-electron chi connectivity index (χ0n) is 12.1. The molecule has 0 amide bonds. The lowest BCUT2D eigenvalue weighted by Gasteiger charge is -2.21. The van der Waals surface area contributed by atoms with Gasteiger partial charge in [0.05, 0.1) is 13.2 Å². The summed E-state index contributed by atoms with van der Waals surface area (Å²) in [7, 11) is 1.65. The van der Waals surface area contributed by atoms with Crippen molar-refractivity contribution in [2.24, 2.45) is 0 Å². The lowest BCUT2D eigenvalue weighted by atomic mass is 9.98. The van der Waals surface area contributed by atoms with Crippen molar-refractivity contribution in [2.45, 2.75) is 26.3 Å². The molecule has 4 heteroatoms. The summed E-state index contributed by atoms with van der Waals surface area (Å²) in [4.78, 5) is 0. The second-order valence-corrected chi connectivity index (χ2v) is 5.94. The van der Waals surface area contributed by atoms with Crippen LogP contribution in [0.5, 0.6) is 5.75 Å². The van der Waals surface area contributed by atoms with Crippen LogP contribution in [-0.2, 0) is 0 Å². The Morgan fingerprint density at radius 3 is 2.65 bits per heavy atom. The third kappa shape index (κ3) is 3.35. The minimum Gasteiger partial charge on any atom is -0.497 e. The average Bonchev–Trinajstić information content (AvgIpc) is 2.87. The monoisotopic (exact) mass is 309 g/mol. The quantitative estimate of drug-likeness (QED) is 0.827. The molecule has 0 bridgehead atoms. The molecule has 1 atom stereocenters. The van der Waals surface area contributed by atoms with Crippen molar-refractivity contribution in [1.29, 1.82) is 0 Å². The third-order valence-electron chi connectivity index (χ3n) is 3.32. The second kappa shape index (κ2) is 7.11. The number of thiophene rings is 1. The van der Waals surface area contributed by atoms with E-state index in [9.17, 15) is 0 Å². The van der Waals surface area contributed by atoms with E-state index in [0.29, 0.717) is 0 Å². The fraction of sp³-hybridized carbons (Fsp3) is 0.375. The minimum atomic E-state index is 0.139. The molecule has 108 valence electrons. The van der Waals surface area contributed by atoms with Crippen LogP contribution in [0.4, 0.5) is 0 Å². The van der Waals surface area contributed by atoms with E-state index < -0.39 is 0 Å². The van der Waals surface area contributed by atoms with Crippen molar-refractivity contribution < 1.29 is 4.74 Å². The number of aryl methyl sites for hydroxylation is 1. The van der Waals surface area contributed by atoms with Crippen molar-refractivity contribution in [2.75, 3.05) is 13.7 Å². The Balaban J connectivity index is 2.38. The molecule has 1 N–H and O–H groups in total. The number of nitrogens with one attached hydrogen (secondary N) is 1. The Bertz CT molecular complexity index is 567. The molecular weight excluding hydrogens is 290 g/mol. The lowest BCUT2D eigenvalue weighted by molar-refractivity contribution is 0.414. The van der Waals surface area contributed by atoms with Gasteiger partial charge in [-0.2, -0.15) is 11.3 Å². The van der Waals surface area contributed by atoms with Crippen LogP contribution in [0.15, 0.2) is 29.0 Å². The van der Waals surface area contributed by atoms with Gasteiger partial charge in [0.1, 0.15) is 5.75 Å². The van der Waals surface area contributed by atoms with Crippen molar-refractivity contribution in [1.82, 2.24) is 5.32 Å². The second-order valence-electron chi connectivity index (χ2n) is 4.78. The molecule has 2 aromatic rings. The highest BCUT2D eigenvalue weighted by Gasteiger charge is 2.19. The standard InChI is InChI=1S/C16H20ClNOS/c1-4-7-18-16(14-10-20-9-11(14)2)13-6-5-12(19-3)8-15(13)17/h5-6,8-10,16,18H,4,7H2,1-3H3. The first-order valence-corrected chi connectivity index (χ1v) is 8.09. The highest BCUT2D eigenvalue weighted by Crippen LogP contribution is 2.33. The Morgan fingerprint density at radius 2 is 2.10 bits per heavy atom. The van der Waals surface area contributed by atoms with Crippen molar-refractivity contribution >= 4 is 22.9 Å². The highest BCUT2D eigenvalue weighted by molar-refractivity contribution is 7.08. The predicted octanol–water partition coefficient (Wildman–Crippen LogP) is 4.81. The number of rotatable bonds is 6. The molecule has 1 heterocycles. The first-order valence-electron chi connectivity index (χ1n) is 6.76. The van der Waals surface area contributed by atoms with E-state index in [-0.39, 0.29) is 6.04 Å². The van der Waals surface area contributed by atoms with E-state index in [4.69, 9.17) is 16.3 Å². The molecule has 0 aliphatic rings. The van der Waals surface area contributed by atoms with Crippen LogP contribution in [0.25, 0.3) is 0 Å². The molecule has 2 nitrogen and oxygen atoms in total. The van der Waals surface area contributed by atoms with E-state index in [0.717, 1.165) is 29.3 Å².